The zero-order chi connectivity index (χ0) is 11.7. The first kappa shape index (κ1) is 11.2. The summed E-state index contributed by atoms with van der Waals surface area (Å²) in [6, 6.07) is 0. The van der Waals surface area contributed by atoms with Gasteiger partial charge in [0.15, 0.2) is 5.82 Å². The number of hydrogen-bond donors (Lipinski definition) is 2. The average Bonchev–Trinajstić information content (AvgIpc) is 3.08. The van der Waals surface area contributed by atoms with Crippen LogP contribution in [0.4, 0.5) is 0 Å². The zero-order valence-corrected chi connectivity index (χ0v) is 10.6. The number of hydrogen-bond acceptors (Lipinski definition) is 3. The smallest absolute Gasteiger partial charge is 0.156 e. The Morgan fingerprint density at radius 2 is 2.06 bits per heavy atom. The Kier molecular flexibility index (Phi) is 2.90. The molecule has 1 aromatic heterocycles. The van der Waals surface area contributed by atoms with E-state index in [0.717, 1.165) is 24.7 Å². The third-order valence-electron chi connectivity index (χ3n) is 4.23. The Morgan fingerprint density at radius 1 is 1.29 bits per heavy atom. The van der Waals surface area contributed by atoms with Gasteiger partial charge in [0.05, 0.1) is 0 Å². The minimum Gasteiger partial charge on any atom is -0.317 e. The summed E-state index contributed by atoms with van der Waals surface area (Å²) < 4.78 is 0. The van der Waals surface area contributed by atoms with E-state index in [2.05, 4.69) is 22.4 Å². The molecule has 0 aromatic carbocycles. The maximum atomic E-state index is 4.79. The van der Waals surface area contributed by atoms with Crippen molar-refractivity contribution in [1.29, 1.82) is 0 Å². The molecule has 1 aliphatic carbocycles. The summed E-state index contributed by atoms with van der Waals surface area (Å²) >= 11 is 0. The van der Waals surface area contributed by atoms with Crippen LogP contribution in [0.5, 0.6) is 0 Å². The van der Waals surface area contributed by atoms with Gasteiger partial charge in [-0.2, -0.15) is 5.10 Å². The summed E-state index contributed by atoms with van der Waals surface area (Å²) in [5.41, 5.74) is 0.240. The van der Waals surface area contributed by atoms with Crippen molar-refractivity contribution in [2.45, 2.75) is 56.8 Å². The minimum absolute atomic E-state index is 0.240. The fourth-order valence-corrected chi connectivity index (χ4v) is 3.02. The number of rotatable bonds is 4. The van der Waals surface area contributed by atoms with E-state index in [0.29, 0.717) is 5.92 Å². The molecule has 3 rings (SSSR count). The van der Waals surface area contributed by atoms with Crippen molar-refractivity contribution in [2.24, 2.45) is 0 Å². The number of H-pyrrole nitrogens is 1. The molecule has 1 saturated carbocycles. The van der Waals surface area contributed by atoms with Crippen LogP contribution in [0, 0.1) is 0 Å². The Morgan fingerprint density at radius 3 is 2.71 bits per heavy atom. The first-order chi connectivity index (χ1) is 8.34. The van der Waals surface area contributed by atoms with E-state index in [4.69, 9.17) is 4.98 Å². The van der Waals surface area contributed by atoms with Gasteiger partial charge in [-0.25, -0.2) is 4.98 Å². The third kappa shape index (κ3) is 2.10. The quantitative estimate of drug-likeness (QED) is 0.839. The monoisotopic (exact) mass is 234 g/mol. The van der Waals surface area contributed by atoms with Gasteiger partial charge in [-0.05, 0) is 45.2 Å². The average molecular weight is 234 g/mol. The molecule has 0 unspecified atom stereocenters. The van der Waals surface area contributed by atoms with Crippen molar-refractivity contribution in [3.63, 3.8) is 0 Å². The van der Waals surface area contributed by atoms with Crippen LogP contribution >= 0.6 is 0 Å². The van der Waals surface area contributed by atoms with Crippen molar-refractivity contribution < 1.29 is 0 Å². The maximum absolute atomic E-state index is 4.79. The van der Waals surface area contributed by atoms with Gasteiger partial charge in [-0.3, -0.25) is 5.10 Å². The normalized spacial score (nSPS) is 23.8. The summed E-state index contributed by atoms with van der Waals surface area (Å²) in [6.45, 7) is 4.47. The highest BCUT2D eigenvalue weighted by molar-refractivity contribution is 5.13. The van der Waals surface area contributed by atoms with Crippen molar-refractivity contribution >= 4 is 0 Å². The molecule has 2 heterocycles. The lowest BCUT2D eigenvalue weighted by molar-refractivity contribution is 0.271. The Bertz CT molecular complexity index is 369. The predicted octanol–water partition coefficient (Wildman–Crippen LogP) is 2.10. The Labute approximate surface area is 103 Å². The Balaban J connectivity index is 1.84. The van der Waals surface area contributed by atoms with Gasteiger partial charge in [0.1, 0.15) is 5.82 Å². The number of nitrogens with zero attached hydrogens (tertiary/aromatic N) is 2. The Hall–Kier alpha value is -0.900. The number of aromatic nitrogens is 3. The molecule has 94 valence electrons. The lowest BCUT2D eigenvalue weighted by Gasteiger charge is -2.35. The molecule has 17 heavy (non-hydrogen) atoms. The summed E-state index contributed by atoms with van der Waals surface area (Å²) in [5.74, 6) is 2.90. The van der Waals surface area contributed by atoms with Gasteiger partial charge in [-0.1, -0.05) is 13.3 Å². The topological polar surface area (TPSA) is 53.6 Å². The first-order valence-corrected chi connectivity index (χ1v) is 6.97. The SMILES string of the molecule is CCCC1(c2n[nH]c(C3CC3)n2)CCNCC1. The molecule has 1 aliphatic heterocycles. The molecule has 0 atom stereocenters. The highest BCUT2D eigenvalue weighted by atomic mass is 15.2. The third-order valence-corrected chi connectivity index (χ3v) is 4.23. The van der Waals surface area contributed by atoms with E-state index in [-0.39, 0.29) is 5.41 Å². The molecule has 0 bridgehead atoms. The van der Waals surface area contributed by atoms with Crippen LogP contribution in [-0.2, 0) is 5.41 Å². The van der Waals surface area contributed by atoms with Crippen LogP contribution in [-0.4, -0.2) is 28.3 Å². The first-order valence-electron chi connectivity index (χ1n) is 6.97. The van der Waals surface area contributed by atoms with Gasteiger partial charge in [-0.15, -0.1) is 0 Å². The summed E-state index contributed by atoms with van der Waals surface area (Å²) in [4.78, 5) is 4.79. The molecule has 4 heteroatoms. The molecule has 1 saturated heterocycles. The number of aromatic amines is 1. The van der Waals surface area contributed by atoms with Crippen LogP contribution in [0.25, 0.3) is 0 Å². The van der Waals surface area contributed by atoms with E-state index in [9.17, 15) is 0 Å². The second kappa shape index (κ2) is 4.41. The van der Waals surface area contributed by atoms with Crippen molar-refractivity contribution in [1.82, 2.24) is 20.5 Å². The van der Waals surface area contributed by atoms with Crippen LogP contribution in [0.2, 0.25) is 0 Å². The molecular weight excluding hydrogens is 212 g/mol. The second-order valence-electron chi connectivity index (χ2n) is 5.60. The van der Waals surface area contributed by atoms with Crippen LogP contribution in [0.15, 0.2) is 0 Å². The van der Waals surface area contributed by atoms with Crippen molar-refractivity contribution in [2.75, 3.05) is 13.1 Å². The van der Waals surface area contributed by atoms with Crippen LogP contribution in [0.3, 0.4) is 0 Å². The van der Waals surface area contributed by atoms with E-state index < -0.39 is 0 Å². The highest BCUT2D eigenvalue weighted by Gasteiger charge is 2.38. The second-order valence-corrected chi connectivity index (χ2v) is 5.60. The largest absolute Gasteiger partial charge is 0.317 e. The molecule has 0 radical (unpaired) electrons. The number of piperidine rings is 1. The van der Waals surface area contributed by atoms with E-state index >= 15 is 0 Å². The zero-order valence-electron chi connectivity index (χ0n) is 10.6. The fourth-order valence-electron chi connectivity index (χ4n) is 3.02. The molecular formula is C13H22N4. The molecule has 2 aliphatic rings. The van der Waals surface area contributed by atoms with Crippen LogP contribution < -0.4 is 5.32 Å². The van der Waals surface area contributed by atoms with Gasteiger partial charge in [0, 0.05) is 11.3 Å². The highest BCUT2D eigenvalue weighted by Crippen LogP contribution is 2.40. The van der Waals surface area contributed by atoms with Crippen molar-refractivity contribution in [3.05, 3.63) is 11.6 Å². The van der Waals surface area contributed by atoms with E-state index in [1.165, 1.54) is 38.5 Å². The van der Waals surface area contributed by atoms with Gasteiger partial charge >= 0.3 is 0 Å². The summed E-state index contributed by atoms with van der Waals surface area (Å²) in [7, 11) is 0. The molecule has 2 fully saturated rings. The van der Waals surface area contributed by atoms with Crippen molar-refractivity contribution in [3.8, 4) is 0 Å². The van der Waals surface area contributed by atoms with Gasteiger partial charge < -0.3 is 5.32 Å². The summed E-state index contributed by atoms with van der Waals surface area (Å²) in [6.07, 6.45) is 7.38. The molecule has 4 nitrogen and oxygen atoms in total. The van der Waals surface area contributed by atoms with E-state index in [1.54, 1.807) is 0 Å². The molecule has 2 N–H and O–H groups in total. The van der Waals surface area contributed by atoms with Crippen LogP contribution in [0.1, 0.15) is 63.0 Å². The lowest BCUT2D eigenvalue weighted by Crippen LogP contribution is -2.40. The molecule has 0 amide bonds. The minimum atomic E-state index is 0.240. The maximum Gasteiger partial charge on any atom is 0.156 e. The van der Waals surface area contributed by atoms with E-state index in [1.807, 2.05) is 0 Å². The predicted molar refractivity (Wildman–Crippen MR) is 67.0 cm³/mol. The number of nitrogens with one attached hydrogen (secondary N) is 2. The van der Waals surface area contributed by atoms with Gasteiger partial charge in [0.2, 0.25) is 0 Å². The molecule has 1 aromatic rings. The summed E-state index contributed by atoms with van der Waals surface area (Å²) in [5, 5.41) is 11.1. The lowest BCUT2D eigenvalue weighted by atomic mass is 9.75. The fraction of sp³-hybridized carbons (Fsp3) is 0.846. The standard InChI is InChI=1S/C13H22N4/c1-2-5-13(6-8-14-9-7-13)12-15-11(16-17-12)10-3-4-10/h10,14H,2-9H2,1H3,(H,15,16,17). The van der Waals surface area contributed by atoms with Gasteiger partial charge in [0.25, 0.3) is 0 Å². The molecule has 0 spiro atoms.